The molecule has 2 N–H and O–H groups in total. The topological polar surface area (TPSA) is 78.6 Å². The Morgan fingerprint density at radius 2 is 0.821 bits per heavy atom. The molecule has 5 nitrogen and oxygen atoms in total. The second-order valence-corrected chi connectivity index (χ2v) is 11.3. The van der Waals surface area contributed by atoms with Crippen LogP contribution in [0.4, 0.5) is 0 Å². The lowest BCUT2D eigenvalue weighted by molar-refractivity contribution is -0.146. The van der Waals surface area contributed by atoms with E-state index in [4.69, 9.17) is 15.2 Å². The highest BCUT2D eigenvalue weighted by molar-refractivity contribution is 5.85. The van der Waals surface area contributed by atoms with Crippen LogP contribution in [-0.4, -0.2) is 31.2 Å². The van der Waals surface area contributed by atoms with Gasteiger partial charge >= 0.3 is 11.9 Å². The third kappa shape index (κ3) is 31.6. The summed E-state index contributed by atoms with van der Waals surface area (Å²) in [6, 6.07) is -0.744. The fraction of sp³-hybridized carbons (Fsp3) is 0.939. The van der Waals surface area contributed by atoms with Gasteiger partial charge in [0.1, 0.15) is 6.04 Å². The first-order chi connectivity index (χ1) is 18.6. The van der Waals surface area contributed by atoms with Gasteiger partial charge in [0.25, 0.3) is 0 Å². The lowest BCUT2D eigenvalue weighted by atomic mass is 10.1. The summed E-state index contributed by atoms with van der Waals surface area (Å²) in [5, 5.41) is 0. The molecule has 6 heteroatoms. The van der Waals surface area contributed by atoms with Gasteiger partial charge in [-0.05, 0) is 19.3 Å². The average molecular weight is 576 g/mol. The fourth-order valence-corrected chi connectivity index (χ4v) is 4.82. The number of esters is 2. The maximum Gasteiger partial charge on any atom is 0.322 e. The Hall–Kier alpha value is -0.810. The van der Waals surface area contributed by atoms with Crippen LogP contribution < -0.4 is 5.73 Å². The summed E-state index contributed by atoms with van der Waals surface area (Å²) in [5.74, 6) is -0.667. The molecule has 0 aliphatic carbocycles. The van der Waals surface area contributed by atoms with Crippen LogP contribution in [0.15, 0.2) is 0 Å². The van der Waals surface area contributed by atoms with Crippen molar-refractivity contribution in [2.24, 2.45) is 5.73 Å². The van der Waals surface area contributed by atoms with Gasteiger partial charge < -0.3 is 15.2 Å². The van der Waals surface area contributed by atoms with Crippen molar-refractivity contribution in [1.29, 1.82) is 0 Å². The third-order valence-corrected chi connectivity index (χ3v) is 7.47. The van der Waals surface area contributed by atoms with Crippen molar-refractivity contribution in [3.63, 3.8) is 0 Å². The molecule has 0 unspecified atom stereocenters. The Balaban J connectivity index is 0. The SMILES string of the molecule is CCCCCCCCCCCCCCOC(=O)CC[C@@H](N)C(=O)OCCCCCCCCCCCCCC.Cl. The minimum absolute atomic E-state index is 0. The number of rotatable bonds is 30. The molecule has 0 radical (unpaired) electrons. The van der Waals surface area contributed by atoms with E-state index in [9.17, 15) is 9.59 Å². The van der Waals surface area contributed by atoms with Gasteiger partial charge in [-0.1, -0.05) is 155 Å². The van der Waals surface area contributed by atoms with Crippen molar-refractivity contribution in [3.8, 4) is 0 Å². The zero-order chi connectivity index (χ0) is 27.9. The molecule has 0 saturated carbocycles. The van der Waals surface area contributed by atoms with Gasteiger partial charge in [0, 0.05) is 6.42 Å². The minimum atomic E-state index is -0.744. The van der Waals surface area contributed by atoms with Gasteiger partial charge in [-0.2, -0.15) is 0 Å². The minimum Gasteiger partial charge on any atom is -0.466 e. The van der Waals surface area contributed by atoms with Crippen molar-refractivity contribution >= 4 is 24.3 Å². The molecule has 0 bridgehead atoms. The van der Waals surface area contributed by atoms with Crippen LogP contribution in [-0.2, 0) is 19.1 Å². The van der Waals surface area contributed by atoms with Crippen LogP contribution in [0.2, 0.25) is 0 Å². The molecule has 0 rings (SSSR count). The summed E-state index contributed by atoms with van der Waals surface area (Å²) in [7, 11) is 0. The van der Waals surface area contributed by atoms with Crippen LogP contribution >= 0.6 is 12.4 Å². The molecule has 0 saturated heterocycles. The smallest absolute Gasteiger partial charge is 0.322 e. The third-order valence-electron chi connectivity index (χ3n) is 7.47. The number of carbonyl (C=O) groups is 2. The summed E-state index contributed by atoms with van der Waals surface area (Å²) in [6.45, 7) is 5.41. The molecule has 0 heterocycles. The fourth-order valence-electron chi connectivity index (χ4n) is 4.82. The Labute approximate surface area is 248 Å². The number of unbranched alkanes of at least 4 members (excludes halogenated alkanes) is 22. The molecule has 39 heavy (non-hydrogen) atoms. The first-order valence-electron chi connectivity index (χ1n) is 16.7. The van der Waals surface area contributed by atoms with E-state index in [1.807, 2.05) is 0 Å². The van der Waals surface area contributed by atoms with Crippen LogP contribution in [0.5, 0.6) is 0 Å². The van der Waals surface area contributed by atoms with Crippen molar-refractivity contribution in [2.75, 3.05) is 13.2 Å². The molecule has 0 spiro atoms. The molecule has 0 amide bonds. The van der Waals surface area contributed by atoms with Crippen LogP contribution in [0.25, 0.3) is 0 Å². The summed E-state index contributed by atoms with van der Waals surface area (Å²) in [4.78, 5) is 24.0. The van der Waals surface area contributed by atoms with Crippen molar-refractivity contribution < 1.29 is 19.1 Å². The Morgan fingerprint density at radius 3 is 1.18 bits per heavy atom. The highest BCUT2D eigenvalue weighted by Gasteiger charge is 2.17. The number of halogens is 1. The first-order valence-corrected chi connectivity index (χ1v) is 16.7. The van der Waals surface area contributed by atoms with Crippen LogP contribution in [0.3, 0.4) is 0 Å². The Bertz CT molecular complexity index is 518. The summed E-state index contributed by atoms with van der Waals surface area (Å²) in [5.41, 5.74) is 5.90. The maximum absolute atomic E-state index is 12.0. The predicted octanol–water partition coefficient (Wildman–Crippen LogP) is 10.0. The molecular formula is C33H66ClNO4. The van der Waals surface area contributed by atoms with E-state index >= 15 is 0 Å². The first kappa shape index (κ1) is 40.3. The summed E-state index contributed by atoms with van der Waals surface area (Å²) in [6.07, 6.45) is 31.2. The normalized spacial score (nSPS) is 11.7. The van der Waals surface area contributed by atoms with Crippen LogP contribution in [0.1, 0.15) is 181 Å². The van der Waals surface area contributed by atoms with Crippen molar-refractivity contribution in [1.82, 2.24) is 0 Å². The highest BCUT2D eigenvalue weighted by Crippen LogP contribution is 2.13. The molecular weight excluding hydrogens is 510 g/mol. The van der Waals surface area contributed by atoms with E-state index in [2.05, 4.69) is 13.8 Å². The van der Waals surface area contributed by atoms with Gasteiger partial charge in [0.2, 0.25) is 0 Å². The van der Waals surface area contributed by atoms with E-state index in [0.29, 0.717) is 13.2 Å². The second kappa shape index (κ2) is 33.4. The van der Waals surface area contributed by atoms with E-state index in [0.717, 1.165) is 25.7 Å². The quantitative estimate of drug-likeness (QED) is 0.0680. The second-order valence-electron chi connectivity index (χ2n) is 11.3. The zero-order valence-corrected chi connectivity index (χ0v) is 26.8. The maximum atomic E-state index is 12.0. The monoisotopic (exact) mass is 575 g/mol. The van der Waals surface area contributed by atoms with E-state index in [1.54, 1.807) is 0 Å². The number of carbonyl (C=O) groups excluding carboxylic acids is 2. The predicted molar refractivity (Wildman–Crippen MR) is 169 cm³/mol. The van der Waals surface area contributed by atoms with Gasteiger partial charge in [-0.15, -0.1) is 12.4 Å². The van der Waals surface area contributed by atoms with Gasteiger partial charge in [0.15, 0.2) is 0 Å². The molecule has 0 aliphatic heterocycles. The number of hydrogen-bond acceptors (Lipinski definition) is 5. The largest absolute Gasteiger partial charge is 0.466 e. The Kier molecular flexibility index (Phi) is 34.5. The lowest BCUT2D eigenvalue weighted by Crippen LogP contribution is -2.33. The van der Waals surface area contributed by atoms with Gasteiger partial charge in [-0.25, -0.2) is 0 Å². The van der Waals surface area contributed by atoms with Gasteiger partial charge in [-0.3, -0.25) is 9.59 Å². The van der Waals surface area contributed by atoms with Crippen molar-refractivity contribution in [2.45, 2.75) is 187 Å². The molecule has 0 aromatic rings. The number of ether oxygens (including phenoxy) is 2. The molecule has 0 aromatic carbocycles. The lowest BCUT2D eigenvalue weighted by Gasteiger charge is -2.11. The molecule has 1 atom stereocenters. The average Bonchev–Trinajstić information content (AvgIpc) is 2.92. The molecule has 0 fully saturated rings. The van der Waals surface area contributed by atoms with E-state index < -0.39 is 12.0 Å². The summed E-state index contributed by atoms with van der Waals surface area (Å²) >= 11 is 0. The number of hydrogen-bond donors (Lipinski definition) is 1. The number of nitrogens with two attached hydrogens (primary N) is 1. The standard InChI is InChI=1S/C33H65NO4.ClH/c1-3-5-7-9-11-13-15-17-19-21-23-25-29-37-32(35)28-27-31(34)33(36)38-30-26-24-22-20-18-16-14-12-10-8-6-4-2;/h31H,3-30,34H2,1-2H3;1H/t31-;/m1./s1. The van der Waals surface area contributed by atoms with Crippen molar-refractivity contribution in [3.05, 3.63) is 0 Å². The van der Waals surface area contributed by atoms with Crippen LogP contribution in [0, 0.1) is 0 Å². The molecule has 234 valence electrons. The molecule has 0 aliphatic rings. The van der Waals surface area contributed by atoms with E-state index in [1.165, 1.54) is 128 Å². The van der Waals surface area contributed by atoms with Gasteiger partial charge in [0.05, 0.1) is 13.2 Å². The van der Waals surface area contributed by atoms with E-state index in [-0.39, 0.29) is 31.2 Å². The molecule has 0 aromatic heterocycles. The highest BCUT2D eigenvalue weighted by atomic mass is 35.5. The summed E-state index contributed by atoms with van der Waals surface area (Å²) < 4.78 is 10.6. The Morgan fingerprint density at radius 1 is 0.513 bits per heavy atom. The zero-order valence-electron chi connectivity index (χ0n) is 26.0.